The summed E-state index contributed by atoms with van der Waals surface area (Å²) in [6.07, 6.45) is 1.87. The summed E-state index contributed by atoms with van der Waals surface area (Å²) >= 11 is 0. The Bertz CT molecular complexity index is 1840. The number of hydrogen-bond acceptors (Lipinski definition) is 2. The SMILES string of the molecule is c1ccc(-c2ccnc(-c3ccc4c(c3)oc3ccc(-c5cccc6ccccc56)cc34)c2)cc1. The normalized spacial score (nSPS) is 11.4. The predicted octanol–water partition coefficient (Wildman–Crippen LogP) is 9.14. The van der Waals surface area contributed by atoms with E-state index in [0.717, 1.165) is 38.8 Å². The van der Waals surface area contributed by atoms with E-state index in [4.69, 9.17) is 4.42 Å². The van der Waals surface area contributed by atoms with Gasteiger partial charge in [-0.1, -0.05) is 84.9 Å². The van der Waals surface area contributed by atoms with Gasteiger partial charge in [0.1, 0.15) is 11.2 Å². The number of aromatic nitrogens is 1. The van der Waals surface area contributed by atoms with Crippen molar-refractivity contribution in [2.24, 2.45) is 0 Å². The number of rotatable bonds is 3. The van der Waals surface area contributed by atoms with Crippen molar-refractivity contribution in [3.8, 4) is 33.5 Å². The number of benzene rings is 5. The molecular weight excluding hydrogens is 426 g/mol. The number of hydrogen-bond donors (Lipinski definition) is 0. The highest BCUT2D eigenvalue weighted by Gasteiger charge is 2.12. The third-order valence-corrected chi connectivity index (χ3v) is 6.73. The second-order valence-electron chi connectivity index (χ2n) is 8.85. The molecule has 0 atom stereocenters. The first kappa shape index (κ1) is 19.7. The zero-order valence-corrected chi connectivity index (χ0v) is 19.0. The summed E-state index contributed by atoms with van der Waals surface area (Å²) in [6, 6.07) is 42.4. The largest absolute Gasteiger partial charge is 0.456 e. The summed E-state index contributed by atoms with van der Waals surface area (Å²) in [7, 11) is 0. The van der Waals surface area contributed by atoms with E-state index in [2.05, 4.69) is 114 Å². The van der Waals surface area contributed by atoms with Crippen molar-refractivity contribution in [1.29, 1.82) is 0 Å². The molecule has 0 radical (unpaired) electrons. The van der Waals surface area contributed by atoms with Crippen LogP contribution in [0.4, 0.5) is 0 Å². The third kappa shape index (κ3) is 3.39. The molecule has 2 nitrogen and oxygen atoms in total. The number of fused-ring (bicyclic) bond motifs is 4. The van der Waals surface area contributed by atoms with E-state index in [0.29, 0.717) is 0 Å². The van der Waals surface area contributed by atoms with Gasteiger partial charge in [-0.15, -0.1) is 0 Å². The Hall–Kier alpha value is -4.69. The Morgan fingerprint density at radius 3 is 2.23 bits per heavy atom. The average molecular weight is 448 g/mol. The summed E-state index contributed by atoms with van der Waals surface area (Å²) in [5, 5.41) is 4.75. The minimum atomic E-state index is 0.875. The lowest BCUT2D eigenvalue weighted by atomic mass is 9.97. The molecule has 0 bridgehead atoms. The molecule has 2 aromatic heterocycles. The van der Waals surface area contributed by atoms with Crippen LogP contribution in [0.15, 0.2) is 132 Å². The summed E-state index contributed by atoms with van der Waals surface area (Å²) in [4.78, 5) is 4.64. The van der Waals surface area contributed by atoms with Crippen molar-refractivity contribution >= 4 is 32.7 Å². The van der Waals surface area contributed by atoms with Crippen LogP contribution in [0.3, 0.4) is 0 Å². The fourth-order valence-corrected chi connectivity index (χ4v) is 4.98. The van der Waals surface area contributed by atoms with Gasteiger partial charge in [0.15, 0.2) is 0 Å². The molecule has 5 aromatic carbocycles. The third-order valence-electron chi connectivity index (χ3n) is 6.73. The van der Waals surface area contributed by atoms with E-state index in [1.165, 1.54) is 27.5 Å². The Balaban J connectivity index is 1.33. The molecule has 0 aliphatic carbocycles. The van der Waals surface area contributed by atoms with Crippen LogP contribution in [0.25, 0.3) is 66.2 Å². The van der Waals surface area contributed by atoms with Crippen molar-refractivity contribution in [2.45, 2.75) is 0 Å². The number of pyridine rings is 1. The minimum Gasteiger partial charge on any atom is -0.456 e. The van der Waals surface area contributed by atoms with Crippen molar-refractivity contribution in [3.05, 3.63) is 128 Å². The molecule has 0 unspecified atom stereocenters. The summed E-state index contributed by atoms with van der Waals surface area (Å²) in [5.41, 5.74) is 8.51. The smallest absolute Gasteiger partial charge is 0.136 e. The van der Waals surface area contributed by atoms with Gasteiger partial charge >= 0.3 is 0 Å². The van der Waals surface area contributed by atoms with Crippen LogP contribution in [0.5, 0.6) is 0 Å². The fraction of sp³-hybridized carbons (Fsp3) is 0. The maximum atomic E-state index is 6.28. The summed E-state index contributed by atoms with van der Waals surface area (Å²) in [5.74, 6) is 0. The maximum absolute atomic E-state index is 6.28. The Labute approximate surface area is 203 Å². The van der Waals surface area contributed by atoms with Gasteiger partial charge in [0, 0.05) is 22.5 Å². The van der Waals surface area contributed by atoms with Crippen LogP contribution in [0.2, 0.25) is 0 Å². The zero-order valence-electron chi connectivity index (χ0n) is 19.0. The highest BCUT2D eigenvalue weighted by molar-refractivity contribution is 6.08. The second kappa shape index (κ2) is 7.96. The van der Waals surface area contributed by atoms with Crippen LogP contribution in [-0.2, 0) is 0 Å². The molecule has 164 valence electrons. The van der Waals surface area contributed by atoms with Crippen LogP contribution in [0, 0.1) is 0 Å². The van der Waals surface area contributed by atoms with E-state index >= 15 is 0 Å². The zero-order chi connectivity index (χ0) is 23.2. The number of furan rings is 1. The minimum absolute atomic E-state index is 0.875. The Morgan fingerprint density at radius 1 is 0.457 bits per heavy atom. The van der Waals surface area contributed by atoms with Crippen LogP contribution < -0.4 is 0 Å². The van der Waals surface area contributed by atoms with Gasteiger partial charge < -0.3 is 4.42 Å². The van der Waals surface area contributed by atoms with Gasteiger partial charge in [-0.2, -0.15) is 0 Å². The molecule has 0 fully saturated rings. The van der Waals surface area contributed by atoms with E-state index in [9.17, 15) is 0 Å². The standard InChI is InChI=1S/C33H21NO/c1-2-7-22(8-3-1)24-17-18-34-31(20-24)26-13-15-29-30-19-25(14-16-32(30)35-33(29)21-26)28-12-6-10-23-9-4-5-11-27(23)28/h1-21H. The highest BCUT2D eigenvalue weighted by Crippen LogP contribution is 2.36. The van der Waals surface area contributed by atoms with Crippen LogP contribution in [-0.4, -0.2) is 4.98 Å². The lowest BCUT2D eigenvalue weighted by Crippen LogP contribution is -1.85. The van der Waals surface area contributed by atoms with E-state index in [1.54, 1.807) is 0 Å². The first-order valence-electron chi connectivity index (χ1n) is 11.8. The molecule has 0 saturated carbocycles. The molecule has 0 aliphatic rings. The molecule has 0 spiro atoms. The molecule has 2 heteroatoms. The molecule has 0 aliphatic heterocycles. The Morgan fingerprint density at radius 2 is 1.29 bits per heavy atom. The highest BCUT2D eigenvalue weighted by atomic mass is 16.3. The molecule has 0 N–H and O–H groups in total. The molecule has 35 heavy (non-hydrogen) atoms. The second-order valence-corrected chi connectivity index (χ2v) is 8.85. The molecule has 7 aromatic rings. The van der Waals surface area contributed by atoms with Crippen LogP contribution in [0.1, 0.15) is 0 Å². The van der Waals surface area contributed by atoms with Crippen molar-refractivity contribution < 1.29 is 4.42 Å². The van der Waals surface area contributed by atoms with E-state index in [-0.39, 0.29) is 0 Å². The van der Waals surface area contributed by atoms with Crippen LogP contribution >= 0.6 is 0 Å². The first-order valence-corrected chi connectivity index (χ1v) is 11.8. The lowest BCUT2D eigenvalue weighted by Gasteiger charge is -2.07. The topological polar surface area (TPSA) is 26.0 Å². The van der Waals surface area contributed by atoms with Crippen molar-refractivity contribution in [2.75, 3.05) is 0 Å². The maximum Gasteiger partial charge on any atom is 0.136 e. The van der Waals surface area contributed by atoms with Gasteiger partial charge in [0.05, 0.1) is 5.69 Å². The van der Waals surface area contributed by atoms with E-state index in [1.807, 2.05) is 18.3 Å². The quantitative estimate of drug-likeness (QED) is 0.270. The molecule has 0 saturated heterocycles. The van der Waals surface area contributed by atoms with Crippen molar-refractivity contribution in [1.82, 2.24) is 4.98 Å². The lowest BCUT2D eigenvalue weighted by molar-refractivity contribution is 0.669. The van der Waals surface area contributed by atoms with Gasteiger partial charge in [0.25, 0.3) is 0 Å². The molecule has 0 amide bonds. The Kier molecular flexibility index (Phi) is 4.49. The molecule has 2 heterocycles. The number of nitrogens with zero attached hydrogens (tertiary/aromatic N) is 1. The molecular formula is C33H21NO. The van der Waals surface area contributed by atoms with Crippen molar-refractivity contribution in [3.63, 3.8) is 0 Å². The van der Waals surface area contributed by atoms with Gasteiger partial charge in [-0.3, -0.25) is 4.98 Å². The monoisotopic (exact) mass is 447 g/mol. The summed E-state index contributed by atoms with van der Waals surface area (Å²) in [6.45, 7) is 0. The first-order chi connectivity index (χ1) is 17.3. The average Bonchev–Trinajstić information content (AvgIpc) is 3.30. The van der Waals surface area contributed by atoms with Gasteiger partial charge in [0.2, 0.25) is 0 Å². The molecule has 7 rings (SSSR count). The van der Waals surface area contributed by atoms with Gasteiger partial charge in [-0.05, 0) is 69.4 Å². The predicted molar refractivity (Wildman–Crippen MR) is 145 cm³/mol. The van der Waals surface area contributed by atoms with E-state index < -0.39 is 0 Å². The van der Waals surface area contributed by atoms with Gasteiger partial charge in [-0.25, -0.2) is 0 Å². The fourth-order valence-electron chi connectivity index (χ4n) is 4.98. The summed E-state index contributed by atoms with van der Waals surface area (Å²) < 4.78 is 6.28.